The zero-order valence-corrected chi connectivity index (χ0v) is 16.8. The topological polar surface area (TPSA) is 40.5 Å². The molecule has 1 aromatic rings. The van der Waals surface area contributed by atoms with Crippen LogP contribution in [0.3, 0.4) is 0 Å². The van der Waals surface area contributed by atoms with E-state index in [2.05, 4.69) is 37.8 Å². The molecule has 1 heterocycles. The van der Waals surface area contributed by atoms with Crippen molar-refractivity contribution in [3.05, 3.63) is 35.4 Å². The fraction of sp³-hybridized carbons (Fsp3) is 0.696. The van der Waals surface area contributed by atoms with Crippen molar-refractivity contribution in [3.63, 3.8) is 0 Å². The minimum absolute atomic E-state index is 0.117. The fourth-order valence-electron chi connectivity index (χ4n) is 4.81. The highest BCUT2D eigenvalue weighted by molar-refractivity contribution is 5.96. The minimum atomic E-state index is -0.117. The summed E-state index contributed by atoms with van der Waals surface area (Å²) < 4.78 is 0. The van der Waals surface area contributed by atoms with Gasteiger partial charge in [0.2, 0.25) is 0 Å². The van der Waals surface area contributed by atoms with Gasteiger partial charge in [-0.05, 0) is 56.2 Å². The number of aliphatic hydroxyl groups excluding tert-OH is 1. The van der Waals surface area contributed by atoms with Crippen LogP contribution in [0.2, 0.25) is 0 Å². The molecule has 1 saturated heterocycles. The van der Waals surface area contributed by atoms with Gasteiger partial charge in [-0.3, -0.25) is 4.79 Å². The maximum absolute atomic E-state index is 12.5. The fourth-order valence-corrected chi connectivity index (χ4v) is 4.81. The van der Waals surface area contributed by atoms with E-state index >= 15 is 0 Å². The number of carbonyl (C=O) groups is 1. The Bertz CT molecular complexity index is 616. The second kappa shape index (κ2) is 7.82. The van der Waals surface area contributed by atoms with Crippen molar-refractivity contribution >= 4 is 5.78 Å². The second-order valence-electron chi connectivity index (χ2n) is 9.50. The molecule has 3 nitrogen and oxygen atoms in total. The number of likely N-dealkylation sites (tertiary alicyclic amines) is 1. The summed E-state index contributed by atoms with van der Waals surface area (Å²) in [6.45, 7) is 9.68. The van der Waals surface area contributed by atoms with Crippen LogP contribution in [0.4, 0.5) is 0 Å². The summed E-state index contributed by atoms with van der Waals surface area (Å²) in [6.07, 6.45) is 7.06. The molecule has 2 atom stereocenters. The van der Waals surface area contributed by atoms with Crippen LogP contribution in [0.5, 0.6) is 0 Å². The Morgan fingerprint density at radius 1 is 1.19 bits per heavy atom. The first-order valence-corrected chi connectivity index (χ1v) is 10.3. The van der Waals surface area contributed by atoms with Gasteiger partial charge in [-0.1, -0.05) is 51.5 Å². The number of aliphatic hydroxyl groups is 1. The smallest absolute Gasteiger partial charge is 0.162 e. The number of hydrogen-bond acceptors (Lipinski definition) is 3. The quantitative estimate of drug-likeness (QED) is 0.785. The molecule has 26 heavy (non-hydrogen) atoms. The lowest BCUT2D eigenvalue weighted by Gasteiger charge is -2.42. The van der Waals surface area contributed by atoms with Crippen LogP contribution in [-0.2, 0) is 5.41 Å². The second-order valence-corrected chi connectivity index (χ2v) is 9.50. The maximum atomic E-state index is 12.5. The third kappa shape index (κ3) is 4.37. The van der Waals surface area contributed by atoms with E-state index in [0.717, 1.165) is 44.5 Å². The molecule has 144 valence electrons. The number of ketones is 1. The molecule has 0 aromatic heterocycles. The molecular formula is C23H35NO2. The lowest BCUT2D eigenvalue weighted by molar-refractivity contribution is -0.00971. The Balaban J connectivity index is 1.48. The highest BCUT2D eigenvalue weighted by Gasteiger charge is 2.44. The van der Waals surface area contributed by atoms with Gasteiger partial charge in [-0.2, -0.15) is 0 Å². The van der Waals surface area contributed by atoms with Crippen LogP contribution in [0.1, 0.15) is 81.6 Å². The Labute approximate surface area is 158 Å². The number of nitrogens with zero attached hydrogens (tertiary/aromatic N) is 1. The van der Waals surface area contributed by atoms with Gasteiger partial charge in [0, 0.05) is 23.9 Å². The van der Waals surface area contributed by atoms with Crippen LogP contribution in [0.25, 0.3) is 0 Å². The first-order chi connectivity index (χ1) is 12.3. The number of hydrogen-bond donors (Lipinski definition) is 1. The average Bonchev–Trinajstić information content (AvgIpc) is 2.94. The summed E-state index contributed by atoms with van der Waals surface area (Å²) in [4.78, 5) is 15.0. The van der Waals surface area contributed by atoms with E-state index in [-0.39, 0.29) is 22.7 Å². The molecule has 2 aliphatic rings. The summed E-state index contributed by atoms with van der Waals surface area (Å²) in [5.74, 6) is 0.248. The molecule has 1 spiro atoms. The number of benzene rings is 1. The Morgan fingerprint density at radius 2 is 1.88 bits per heavy atom. The van der Waals surface area contributed by atoms with Crippen molar-refractivity contribution in [2.75, 3.05) is 19.6 Å². The molecule has 3 rings (SSSR count). The van der Waals surface area contributed by atoms with E-state index in [4.69, 9.17) is 0 Å². The van der Waals surface area contributed by atoms with Crippen LogP contribution >= 0.6 is 0 Å². The third-order valence-electron chi connectivity index (χ3n) is 6.50. The van der Waals surface area contributed by atoms with Crippen LogP contribution in [0.15, 0.2) is 24.3 Å². The van der Waals surface area contributed by atoms with Crippen LogP contribution < -0.4 is 0 Å². The maximum Gasteiger partial charge on any atom is 0.162 e. The average molecular weight is 358 g/mol. The van der Waals surface area contributed by atoms with Crippen molar-refractivity contribution in [3.8, 4) is 0 Å². The van der Waals surface area contributed by atoms with Crippen LogP contribution in [0, 0.1) is 5.41 Å². The van der Waals surface area contributed by atoms with E-state index in [1.807, 2.05) is 12.1 Å². The van der Waals surface area contributed by atoms with Crippen molar-refractivity contribution < 1.29 is 9.90 Å². The zero-order valence-electron chi connectivity index (χ0n) is 16.8. The van der Waals surface area contributed by atoms with Gasteiger partial charge in [0.05, 0.1) is 6.10 Å². The largest absolute Gasteiger partial charge is 0.393 e. The van der Waals surface area contributed by atoms with E-state index < -0.39 is 0 Å². The lowest BCUT2D eigenvalue weighted by Crippen LogP contribution is -2.47. The molecule has 0 bridgehead atoms. The Morgan fingerprint density at radius 3 is 2.50 bits per heavy atom. The molecule has 0 amide bonds. The number of Topliss-reactive ketones (excluding diaryl/α,β-unsaturated/α-hetero) is 1. The third-order valence-corrected chi connectivity index (χ3v) is 6.50. The first kappa shape index (κ1) is 19.6. The summed E-state index contributed by atoms with van der Waals surface area (Å²) in [6, 6.07) is 8.13. The zero-order chi connectivity index (χ0) is 18.8. The predicted octanol–water partition coefficient (Wildman–Crippen LogP) is 4.57. The van der Waals surface area contributed by atoms with E-state index in [0.29, 0.717) is 6.42 Å². The highest BCUT2D eigenvalue weighted by Crippen LogP contribution is 2.45. The molecule has 1 aliphatic carbocycles. The summed E-state index contributed by atoms with van der Waals surface area (Å²) >= 11 is 0. The van der Waals surface area contributed by atoms with Crippen molar-refractivity contribution in [1.29, 1.82) is 0 Å². The molecular weight excluding hydrogens is 322 g/mol. The molecule has 0 radical (unpaired) electrons. The number of rotatable bonds is 5. The SMILES string of the molecule is CC(C)(C)c1ccc(C(=O)CCCN2CCC[C@@]3(CCC[C@H]3O)C2)cc1. The lowest BCUT2D eigenvalue weighted by atomic mass is 9.76. The summed E-state index contributed by atoms with van der Waals surface area (Å²) in [7, 11) is 0. The van der Waals surface area contributed by atoms with Crippen LogP contribution in [-0.4, -0.2) is 41.5 Å². The Hall–Kier alpha value is -1.19. The highest BCUT2D eigenvalue weighted by atomic mass is 16.3. The van der Waals surface area contributed by atoms with Gasteiger partial charge in [0.25, 0.3) is 0 Å². The molecule has 1 aromatic carbocycles. The van der Waals surface area contributed by atoms with Crippen molar-refractivity contribution in [1.82, 2.24) is 4.90 Å². The monoisotopic (exact) mass is 357 g/mol. The van der Waals surface area contributed by atoms with Crippen molar-refractivity contribution in [2.24, 2.45) is 5.41 Å². The molecule has 0 unspecified atom stereocenters. The number of carbonyl (C=O) groups excluding carboxylic acids is 1. The van der Waals surface area contributed by atoms with Gasteiger partial charge in [-0.25, -0.2) is 0 Å². The predicted molar refractivity (Wildman–Crippen MR) is 107 cm³/mol. The molecule has 1 saturated carbocycles. The van der Waals surface area contributed by atoms with Gasteiger partial charge in [0.15, 0.2) is 5.78 Å². The number of piperidine rings is 1. The van der Waals surface area contributed by atoms with Gasteiger partial charge in [0.1, 0.15) is 0 Å². The van der Waals surface area contributed by atoms with Gasteiger partial charge < -0.3 is 10.0 Å². The van der Waals surface area contributed by atoms with E-state index in [1.54, 1.807) is 0 Å². The summed E-state index contributed by atoms with van der Waals surface area (Å²) in [5.41, 5.74) is 2.36. The molecule has 2 fully saturated rings. The van der Waals surface area contributed by atoms with E-state index in [9.17, 15) is 9.90 Å². The molecule has 1 aliphatic heterocycles. The van der Waals surface area contributed by atoms with Crippen molar-refractivity contribution in [2.45, 2.75) is 77.2 Å². The molecule has 3 heteroatoms. The first-order valence-electron chi connectivity index (χ1n) is 10.3. The Kier molecular flexibility index (Phi) is 5.88. The van der Waals surface area contributed by atoms with Gasteiger partial charge >= 0.3 is 0 Å². The van der Waals surface area contributed by atoms with Gasteiger partial charge in [-0.15, -0.1) is 0 Å². The minimum Gasteiger partial charge on any atom is -0.393 e. The summed E-state index contributed by atoms with van der Waals surface area (Å²) in [5, 5.41) is 10.4. The normalized spacial score (nSPS) is 27.2. The molecule has 1 N–H and O–H groups in total. The standard InChI is InChI=1S/C23H35NO2/c1-22(2,3)19-11-9-18(10-12-19)20(25)7-5-15-24-16-6-14-23(17-24)13-4-8-21(23)26/h9-12,21,26H,4-8,13-17H2,1-3H3/t21-,23+/m1/s1. The van der Waals surface area contributed by atoms with E-state index in [1.165, 1.54) is 24.8 Å².